The molecule has 0 N–H and O–H groups in total. The SMILES string of the molecule is Cl.[Mg+2].[c-]1ccccc1.[c-]1ccccc1. The summed E-state index contributed by atoms with van der Waals surface area (Å²) in [6.45, 7) is 0. The second-order valence-electron chi connectivity index (χ2n) is 2.15. The molecule has 0 radical (unpaired) electrons. The first-order valence-corrected chi connectivity index (χ1v) is 3.82. The number of benzene rings is 2. The van der Waals surface area contributed by atoms with E-state index in [9.17, 15) is 0 Å². The van der Waals surface area contributed by atoms with Crippen molar-refractivity contribution >= 4 is 35.5 Å². The molecular weight excluding hydrogens is 204 g/mol. The van der Waals surface area contributed by atoms with Crippen LogP contribution >= 0.6 is 12.4 Å². The summed E-state index contributed by atoms with van der Waals surface area (Å²) in [5.74, 6) is 0. The van der Waals surface area contributed by atoms with Gasteiger partial charge in [-0.15, -0.1) is 12.4 Å². The molecule has 0 aliphatic heterocycles. The van der Waals surface area contributed by atoms with Gasteiger partial charge in [0.15, 0.2) is 0 Å². The normalized spacial score (nSPS) is 6.86. The van der Waals surface area contributed by atoms with E-state index in [2.05, 4.69) is 12.1 Å². The molecule has 0 nitrogen and oxygen atoms in total. The van der Waals surface area contributed by atoms with Gasteiger partial charge in [0.25, 0.3) is 0 Å². The van der Waals surface area contributed by atoms with Crippen molar-refractivity contribution in [3.8, 4) is 0 Å². The molecule has 2 rings (SSSR count). The average molecular weight is 215 g/mol. The fourth-order valence-electron chi connectivity index (χ4n) is 0.684. The molecule has 2 aromatic rings. The Kier molecular flexibility index (Phi) is 14.2. The molecule has 14 heavy (non-hydrogen) atoms. The van der Waals surface area contributed by atoms with E-state index in [0.717, 1.165) is 0 Å². The molecular formula is C12H11ClMg. The Labute approximate surface area is 108 Å². The zero-order valence-electron chi connectivity index (χ0n) is 7.89. The maximum Gasteiger partial charge on any atom is 2.00 e. The van der Waals surface area contributed by atoms with Gasteiger partial charge in [0, 0.05) is 0 Å². The van der Waals surface area contributed by atoms with E-state index in [1.807, 2.05) is 60.7 Å². The summed E-state index contributed by atoms with van der Waals surface area (Å²) < 4.78 is 0. The van der Waals surface area contributed by atoms with Gasteiger partial charge in [0.1, 0.15) is 0 Å². The molecule has 0 aliphatic carbocycles. The number of hydrogen-bond acceptors (Lipinski definition) is 0. The number of halogens is 1. The van der Waals surface area contributed by atoms with Crippen LogP contribution in [0, 0.1) is 12.1 Å². The van der Waals surface area contributed by atoms with Gasteiger partial charge in [0.2, 0.25) is 0 Å². The zero-order valence-corrected chi connectivity index (χ0v) is 10.1. The minimum absolute atomic E-state index is 0. The van der Waals surface area contributed by atoms with Crippen LogP contribution < -0.4 is 0 Å². The van der Waals surface area contributed by atoms with Crippen molar-refractivity contribution in [2.75, 3.05) is 0 Å². The van der Waals surface area contributed by atoms with Gasteiger partial charge >= 0.3 is 23.1 Å². The van der Waals surface area contributed by atoms with Gasteiger partial charge in [-0.1, -0.05) is 0 Å². The molecule has 0 amide bonds. The second-order valence-corrected chi connectivity index (χ2v) is 2.15. The van der Waals surface area contributed by atoms with Crippen LogP contribution in [0.2, 0.25) is 0 Å². The van der Waals surface area contributed by atoms with E-state index in [0.29, 0.717) is 0 Å². The Morgan fingerprint density at radius 1 is 0.500 bits per heavy atom. The molecule has 0 saturated carbocycles. The van der Waals surface area contributed by atoms with E-state index in [4.69, 9.17) is 0 Å². The Morgan fingerprint density at radius 3 is 0.857 bits per heavy atom. The average Bonchev–Trinajstić information content (AvgIpc) is 2.24. The molecule has 0 fully saturated rings. The first-order valence-electron chi connectivity index (χ1n) is 3.82. The zero-order chi connectivity index (χ0) is 8.49. The molecule has 0 saturated heterocycles. The molecule has 0 aromatic heterocycles. The number of hydrogen-bond donors (Lipinski definition) is 0. The minimum atomic E-state index is 0. The van der Waals surface area contributed by atoms with Crippen LogP contribution in [0.15, 0.2) is 60.7 Å². The van der Waals surface area contributed by atoms with Gasteiger partial charge in [-0.25, -0.2) is 0 Å². The van der Waals surface area contributed by atoms with Gasteiger partial charge in [-0.2, -0.15) is 72.8 Å². The monoisotopic (exact) mass is 214 g/mol. The van der Waals surface area contributed by atoms with Gasteiger partial charge in [-0.3, -0.25) is 0 Å². The molecule has 0 aliphatic rings. The fourth-order valence-corrected chi connectivity index (χ4v) is 0.684. The van der Waals surface area contributed by atoms with E-state index in [1.54, 1.807) is 0 Å². The maximum atomic E-state index is 2.89. The van der Waals surface area contributed by atoms with Crippen molar-refractivity contribution in [2.24, 2.45) is 0 Å². The summed E-state index contributed by atoms with van der Waals surface area (Å²) in [5, 5.41) is 0. The maximum absolute atomic E-state index is 2.89. The van der Waals surface area contributed by atoms with Crippen LogP contribution in [0.4, 0.5) is 0 Å². The predicted octanol–water partition coefficient (Wildman–Crippen LogP) is 3.01. The van der Waals surface area contributed by atoms with Gasteiger partial charge < -0.3 is 0 Å². The van der Waals surface area contributed by atoms with Crippen LogP contribution in [-0.2, 0) is 0 Å². The van der Waals surface area contributed by atoms with Crippen LogP contribution in [0.5, 0.6) is 0 Å². The fraction of sp³-hybridized carbons (Fsp3) is 0. The van der Waals surface area contributed by atoms with E-state index in [-0.39, 0.29) is 35.5 Å². The summed E-state index contributed by atoms with van der Waals surface area (Å²) in [6.07, 6.45) is 0. The second kappa shape index (κ2) is 12.5. The molecule has 68 valence electrons. The first-order chi connectivity index (χ1) is 6.00. The Hall–Kier alpha value is -0.504. The van der Waals surface area contributed by atoms with Crippen molar-refractivity contribution in [2.45, 2.75) is 0 Å². The molecule has 2 heteroatoms. The predicted molar refractivity (Wildman–Crippen MR) is 63.6 cm³/mol. The largest absolute Gasteiger partial charge is 2.00 e. The van der Waals surface area contributed by atoms with Gasteiger partial charge in [-0.05, 0) is 0 Å². The first kappa shape index (κ1) is 15.9. The summed E-state index contributed by atoms with van der Waals surface area (Å²) in [5.41, 5.74) is 0. The van der Waals surface area contributed by atoms with Crippen molar-refractivity contribution in [3.63, 3.8) is 0 Å². The van der Waals surface area contributed by atoms with Crippen LogP contribution in [0.3, 0.4) is 0 Å². The number of rotatable bonds is 0. The van der Waals surface area contributed by atoms with Gasteiger partial charge in [0.05, 0.1) is 0 Å². The summed E-state index contributed by atoms with van der Waals surface area (Å²) >= 11 is 0. The summed E-state index contributed by atoms with van der Waals surface area (Å²) in [6, 6.07) is 25.0. The van der Waals surface area contributed by atoms with Crippen LogP contribution in [0.25, 0.3) is 0 Å². The minimum Gasteiger partial charge on any atom is -0.184 e. The molecule has 2 aromatic carbocycles. The van der Waals surface area contributed by atoms with E-state index >= 15 is 0 Å². The smallest absolute Gasteiger partial charge is 0.184 e. The van der Waals surface area contributed by atoms with Crippen molar-refractivity contribution < 1.29 is 0 Å². The Bertz CT molecular complexity index is 186. The molecule has 0 atom stereocenters. The van der Waals surface area contributed by atoms with Crippen LogP contribution in [-0.4, -0.2) is 23.1 Å². The Morgan fingerprint density at radius 2 is 0.786 bits per heavy atom. The molecule has 0 unspecified atom stereocenters. The topological polar surface area (TPSA) is 0 Å². The van der Waals surface area contributed by atoms with Crippen LogP contribution in [0.1, 0.15) is 0 Å². The standard InChI is InChI=1S/2C6H5.ClH.Mg/c2*1-2-4-6-5-3-1;;/h2*1-5H;1H;/q2*-1;;+2. The third-order valence-electron chi connectivity index (χ3n) is 1.21. The van der Waals surface area contributed by atoms with E-state index in [1.165, 1.54) is 0 Å². The summed E-state index contributed by atoms with van der Waals surface area (Å²) in [7, 11) is 0. The molecule has 0 heterocycles. The van der Waals surface area contributed by atoms with Crippen molar-refractivity contribution in [1.29, 1.82) is 0 Å². The van der Waals surface area contributed by atoms with E-state index < -0.39 is 0 Å². The van der Waals surface area contributed by atoms with Crippen molar-refractivity contribution in [3.05, 3.63) is 72.8 Å². The third kappa shape index (κ3) is 9.58. The third-order valence-corrected chi connectivity index (χ3v) is 1.21. The Balaban J connectivity index is 0. The summed E-state index contributed by atoms with van der Waals surface area (Å²) in [4.78, 5) is 0. The molecule has 0 spiro atoms. The van der Waals surface area contributed by atoms with Crippen molar-refractivity contribution in [1.82, 2.24) is 0 Å². The quantitative estimate of drug-likeness (QED) is 0.468. The molecule has 0 bridgehead atoms.